The van der Waals surface area contributed by atoms with Crippen molar-refractivity contribution in [1.29, 1.82) is 0 Å². The highest BCUT2D eigenvalue weighted by molar-refractivity contribution is 7.98. The van der Waals surface area contributed by atoms with Gasteiger partial charge in [0.2, 0.25) is 0 Å². The largest absolute Gasteiger partial charge is 0.378 e. The Bertz CT molecular complexity index is 609. The Morgan fingerprint density at radius 3 is 2.80 bits per heavy atom. The van der Waals surface area contributed by atoms with Crippen LogP contribution in [0.15, 0.2) is 11.2 Å². The fourth-order valence-electron chi connectivity index (χ4n) is 3.39. The van der Waals surface area contributed by atoms with Crippen LogP contribution in [-0.2, 0) is 4.74 Å². The average molecular weight is 366 g/mol. The molecule has 1 aromatic heterocycles. The maximum Gasteiger partial charge on any atom is 0.320 e. The maximum absolute atomic E-state index is 12.7. The summed E-state index contributed by atoms with van der Waals surface area (Å²) in [6, 6.07) is 2.35. The van der Waals surface area contributed by atoms with Crippen molar-refractivity contribution in [1.82, 2.24) is 19.8 Å². The number of piperidine rings is 1. The van der Waals surface area contributed by atoms with E-state index in [1.807, 2.05) is 36.1 Å². The summed E-state index contributed by atoms with van der Waals surface area (Å²) >= 11 is 1.56. The molecular weight excluding hydrogens is 338 g/mol. The van der Waals surface area contributed by atoms with Crippen molar-refractivity contribution < 1.29 is 9.53 Å². The van der Waals surface area contributed by atoms with Gasteiger partial charge >= 0.3 is 6.03 Å². The maximum atomic E-state index is 12.7. The summed E-state index contributed by atoms with van der Waals surface area (Å²) in [5.74, 6) is 0.966. The van der Waals surface area contributed by atoms with Crippen LogP contribution in [0.2, 0.25) is 0 Å². The number of ether oxygens (including phenoxy) is 1. The van der Waals surface area contributed by atoms with Gasteiger partial charge in [0.15, 0.2) is 5.16 Å². The molecule has 0 aliphatic carbocycles. The first-order chi connectivity index (χ1) is 12.1. The highest BCUT2D eigenvalue weighted by atomic mass is 32.2. The number of aryl methyl sites for hydroxylation is 1. The van der Waals surface area contributed by atoms with Crippen LogP contribution in [0.4, 0.5) is 10.6 Å². The van der Waals surface area contributed by atoms with Crippen molar-refractivity contribution in [2.45, 2.75) is 31.0 Å². The van der Waals surface area contributed by atoms with Gasteiger partial charge in [-0.15, -0.1) is 0 Å². The molecule has 1 aromatic rings. The first kappa shape index (κ1) is 18.3. The number of aromatic nitrogens is 2. The first-order valence-electron chi connectivity index (χ1n) is 8.82. The monoisotopic (exact) mass is 365 g/mol. The lowest BCUT2D eigenvalue weighted by molar-refractivity contribution is 0.0414. The zero-order valence-corrected chi connectivity index (χ0v) is 16.1. The first-order valence-corrected chi connectivity index (χ1v) is 10.0. The van der Waals surface area contributed by atoms with Crippen LogP contribution in [0.1, 0.15) is 18.5 Å². The second-order valence-corrected chi connectivity index (χ2v) is 7.36. The van der Waals surface area contributed by atoms with Gasteiger partial charge in [0.05, 0.1) is 19.3 Å². The summed E-state index contributed by atoms with van der Waals surface area (Å²) in [5, 5.41) is 0.801. The number of amides is 2. The molecule has 2 saturated heterocycles. The van der Waals surface area contributed by atoms with E-state index in [0.29, 0.717) is 26.3 Å². The molecule has 25 heavy (non-hydrogen) atoms. The number of likely N-dealkylation sites (N-methyl/N-ethyl adjacent to an activating group) is 1. The summed E-state index contributed by atoms with van der Waals surface area (Å²) in [5.41, 5.74) is 0.981. The van der Waals surface area contributed by atoms with Crippen molar-refractivity contribution in [2.24, 2.45) is 0 Å². The quantitative estimate of drug-likeness (QED) is 0.602. The summed E-state index contributed by atoms with van der Waals surface area (Å²) in [6.07, 6.45) is 4.08. The van der Waals surface area contributed by atoms with E-state index in [1.165, 1.54) is 0 Å². The molecule has 2 aliphatic rings. The van der Waals surface area contributed by atoms with Gasteiger partial charge in [-0.2, -0.15) is 0 Å². The fraction of sp³-hybridized carbons (Fsp3) is 0.706. The van der Waals surface area contributed by atoms with E-state index in [4.69, 9.17) is 4.74 Å². The summed E-state index contributed by atoms with van der Waals surface area (Å²) in [7, 11) is 1.92. The smallest absolute Gasteiger partial charge is 0.320 e. The van der Waals surface area contributed by atoms with Gasteiger partial charge in [0.25, 0.3) is 0 Å². The van der Waals surface area contributed by atoms with Gasteiger partial charge in [0.1, 0.15) is 5.82 Å². The van der Waals surface area contributed by atoms with Crippen molar-refractivity contribution >= 4 is 23.6 Å². The van der Waals surface area contributed by atoms with Crippen LogP contribution < -0.4 is 4.90 Å². The zero-order valence-electron chi connectivity index (χ0n) is 15.3. The molecule has 3 rings (SSSR count). The Balaban J connectivity index is 1.68. The molecule has 7 nitrogen and oxygen atoms in total. The minimum absolute atomic E-state index is 0.110. The minimum atomic E-state index is 0.110. The Labute approximate surface area is 153 Å². The number of thioether (sulfide) groups is 1. The van der Waals surface area contributed by atoms with Gasteiger partial charge in [-0.1, -0.05) is 11.8 Å². The molecule has 0 radical (unpaired) electrons. The third-order valence-electron chi connectivity index (χ3n) is 4.85. The van der Waals surface area contributed by atoms with Crippen LogP contribution in [0, 0.1) is 6.92 Å². The number of rotatable bonds is 3. The van der Waals surface area contributed by atoms with Gasteiger partial charge in [-0.25, -0.2) is 14.8 Å². The third-order valence-corrected chi connectivity index (χ3v) is 5.40. The van der Waals surface area contributed by atoms with E-state index < -0.39 is 0 Å². The number of hydrogen-bond donors (Lipinski definition) is 0. The average Bonchev–Trinajstić information content (AvgIpc) is 2.67. The number of morpholine rings is 1. The number of carbonyl (C=O) groups excluding carboxylic acids is 1. The molecule has 0 bridgehead atoms. The van der Waals surface area contributed by atoms with Crippen LogP contribution >= 0.6 is 11.8 Å². The Morgan fingerprint density at radius 2 is 2.08 bits per heavy atom. The zero-order chi connectivity index (χ0) is 17.8. The molecule has 2 fully saturated rings. The van der Waals surface area contributed by atoms with Crippen molar-refractivity contribution in [3.05, 3.63) is 11.8 Å². The third kappa shape index (κ3) is 4.36. The lowest BCUT2D eigenvalue weighted by Gasteiger charge is -2.40. The van der Waals surface area contributed by atoms with Crippen LogP contribution in [0.3, 0.4) is 0 Å². The minimum Gasteiger partial charge on any atom is -0.378 e. The fourth-order valence-corrected chi connectivity index (χ4v) is 3.81. The molecule has 2 amide bonds. The summed E-state index contributed by atoms with van der Waals surface area (Å²) < 4.78 is 5.35. The van der Waals surface area contributed by atoms with Gasteiger partial charge in [0, 0.05) is 45.0 Å². The standard InChI is InChI=1S/C17H27N5O2S/c1-13-11-15(19-16(18-13)25-3)22-6-4-5-14(12-22)20(2)17(23)21-7-9-24-10-8-21/h11,14H,4-10,12H2,1-3H3. The second kappa shape index (κ2) is 8.23. The van der Waals surface area contributed by atoms with E-state index in [0.717, 1.165) is 42.6 Å². The highest BCUT2D eigenvalue weighted by Crippen LogP contribution is 2.23. The Hall–Kier alpha value is -1.54. The lowest BCUT2D eigenvalue weighted by Crippen LogP contribution is -2.54. The summed E-state index contributed by atoms with van der Waals surface area (Å²) in [4.78, 5) is 27.9. The van der Waals surface area contributed by atoms with Crippen LogP contribution in [0.5, 0.6) is 0 Å². The molecule has 8 heteroatoms. The van der Waals surface area contributed by atoms with Gasteiger partial charge < -0.3 is 19.4 Å². The van der Waals surface area contributed by atoms with Crippen LogP contribution in [-0.4, -0.2) is 84.5 Å². The highest BCUT2D eigenvalue weighted by Gasteiger charge is 2.30. The topological polar surface area (TPSA) is 61.8 Å². The van der Waals surface area contributed by atoms with Gasteiger partial charge in [-0.3, -0.25) is 0 Å². The molecule has 2 aliphatic heterocycles. The van der Waals surface area contributed by atoms with E-state index >= 15 is 0 Å². The molecule has 0 aromatic carbocycles. The molecule has 1 atom stereocenters. The number of anilines is 1. The molecular formula is C17H27N5O2S. The molecule has 0 spiro atoms. The van der Waals surface area contributed by atoms with E-state index in [-0.39, 0.29) is 12.1 Å². The molecule has 1 unspecified atom stereocenters. The van der Waals surface area contributed by atoms with Crippen LogP contribution in [0.25, 0.3) is 0 Å². The van der Waals surface area contributed by atoms with Crippen molar-refractivity contribution in [2.75, 3.05) is 57.6 Å². The normalized spacial score (nSPS) is 21.3. The Kier molecular flexibility index (Phi) is 6.01. The van der Waals surface area contributed by atoms with E-state index in [1.54, 1.807) is 11.8 Å². The number of hydrogen-bond acceptors (Lipinski definition) is 6. The van der Waals surface area contributed by atoms with E-state index in [2.05, 4.69) is 14.9 Å². The summed E-state index contributed by atoms with van der Waals surface area (Å²) in [6.45, 7) is 6.42. The SMILES string of the molecule is CSc1nc(C)cc(N2CCCC(N(C)C(=O)N3CCOCC3)C2)n1. The number of urea groups is 1. The van der Waals surface area contributed by atoms with Crippen molar-refractivity contribution in [3.63, 3.8) is 0 Å². The number of carbonyl (C=O) groups is 1. The Morgan fingerprint density at radius 1 is 1.32 bits per heavy atom. The second-order valence-electron chi connectivity index (χ2n) is 6.59. The predicted octanol–water partition coefficient (Wildman–Crippen LogP) is 1.86. The molecule has 3 heterocycles. The van der Waals surface area contributed by atoms with Crippen molar-refractivity contribution in [3.8, 4) is 0 Å². The molecule has 0 N–H and O–H groups in total. The van der Waals surface area contributed by atoms with E-state index in [9.17, 15) is 4.79 Å². The molecule has 138 valence electrons. The molecule has 0 saturated carbocycles. The van der Waals surface area contributed by atoms with Gasteiger partial charge in [-0.05, 0) is 26.0 Å². The number of nitrogens with zero attached hydrogens (tertiary/aromatic N) is 5. The predicted molar refractivity (Wildman–Crippen MR) is 99.3 cm³/mol. The lowest BCUT2D eigenvalue weighted by atomic mass is 10.0.